The van der Waals surface area contributed by atoms with Crippen LogP contribution in [0.5, 0.6) is 0 Å². The predicted molar refractivity (Wildman–Crippen MR) is 140 cm³/mol. The van der Waals surface area contributed by atoms with Crippen LogP contribution >= 0.6 is 11.3 Å². The molecule has 36 heavy (non-hydrogen) atoms. The summed E-state index contributed by atoms with van der Waals surface area (Å²) in [6, 6.07) is 5.68. The van der Waals surface area contributed by atoms with Gasteiger partial charge in [0.25, 0.3) is 5.91 Å². The molecule has 1 amide bonds. The van der Waals surface area contributed by atoms with Crippen molar-refractivity contribution >= 4 is 51.0 Å². The van der Waals surface area contributed by atoms with Crippen LogP contribution in [0.4, 0.5) is 10.9 Å². The van der Waals surface area contributed by atoms with Gasteiger partial charge in [0.15, 0.2) is 11.1 Å². The molecule has 1 fully saturated rings. The Balaban J connectivity index is 1.59. The number of benzene rings is 1. The Hall–Kier alpha value is -3.80. The lowest BCUT2D eigenvalue weighted by Gasteiger charge is -2.30. The first-order chi connectivity index (χ1) is 17.3. The van der Waals surface area contributed by atoms with E-state index in [2.05, 4.69) is 30.6 Å². The van der Waals surface area contributed by atoms with Crippen LogP contribution in [0.1, 0.15) is 54.5 Å². The molecule has 6 N–H and O–H groups in total. The van der Waals surface area contributed by atoms with Crippen LogP contribution in [-0.2, 0) is 16.0 Å². The Morgan fingerprint density at radius 1 is 1.19 bits per heavy atom. The zero-order valence-corrected chi connectivity index (χ0v) is 21.1. The van der Waals surface area contributed by atoms with Crippen LogP contribution in [0, 0.1) is 6.92 Å². The molecule has 190 valence electrons. The van der Waals surface area contributed by atoms with E-state index >= 15 is 0 Å². The molecule has 0 aliphatic heterocycles. The number of ether oxygens (including phenoxy) is 1. The zero-order chi connectivity index (χ0) is 25.7. The van der Waals surface area contributed by atoms with E-state index in [0.29, 0.717) is 28.8 Å². The van der Waals surface area contributed by atoms with Crippen molar-refractivity contribution in [3.63, 3.8) is 0 Å². The fourth-order valence-electron chi connectivity index (χ4n) is 4.21. The summed E-state index contributed by atoms with van der Waals surface area (Å²) in [6.07, 6.45) is 3.87. The van der Waals surface area contributed by atoms with Crippen molar-refractivity contribution in [2.45, 2.75) is 58.0 Å². The van der Waals surface area contributed by atoms with E-state index in [0.717, 1.165) is 36.6 Å². The molecule has 0 radical (unpaired) electrons. The van der Waals surface area contributed by atoms with Crippen molar-refractivity contribution in [1.29, 1.82) is 0 Å². The van der Waals surface area contributed by atoms with Crippen molar-refractivity contribution in [2.75, 3.05) is 17.2 Å². The van der Waals surface area contributed by atoms with Gasteiger partial charge < -0.3 is 21.5 Å². The molecule has 2 heterocycles. The largest absolute Gasteiger partial charge is 0.466 e. The molecule has 1 aromatic carbocycles. The summed E-state index contributed by atoms with van der Waals surface area (Å²) in [5.74, 6) is -0.250. The Morgan fingerprint density at radius 3 is 2.78 bits per heavy atom. The molecule has 2 atom stereocenters. The van der Waals surface area contributed by atoms with Crippen molar-refractivity contribution in [2.24, 2.45) is 16.5 Å². The maximum Gasteiger partial charge on any atom is 0.311 e. The molecule has 2 unspecified atom stereocenters. The number of nitrogens with two attached hydrogens (primary N) is 2. The molecule has 2 aromatic heterocycles. The number of aryl methyl sites for hydroxylation is 1. The number of guanidine groups is 1. The summed E-state index contributed by atoms with van der Waals surface area (Å²) in [5.41, 5.74) is 13.5. The maximum atomic E-state index is 13.1. The summed E-state index contributed by atoms with van der Waals surface area (Å²) in [7, 11) is 0. The SMILES string of the molecule is CCOC(=O)Cc1csc(NC(=O)c2nc(NC3CCCCC3N=C(N)N)c3cc(C)ccc3n2)n1. The molecule has 4 rings (SSSR count). The summed E-state index contributed by atoms with van der Waals surface area (Å²) in [6.45, 7) is 4.03. The first kappa shape index (κ1) is 25.3. The highest BCUT2D eigenvalue weighted by molar-refractivity contribution is 7.14. The molecule has 11 nitrogen and oxygen atoms in total. The molecule has 0 spiro atoms. The number of anilines is 2. The highest BCUT2D eigenvalue weighted by Crippen LogP contribution is 2.28. The standard InChI is InChI=1S/C24H30N8O3S/c1-3-35-19(33)11-14-12-36-24(27-14)32-22(34)21-28-16-9-8-13(2)10-15(16)20(31-21)29-17-6-4-5-7-18(17)30-23(25)26/h8-10,12,17-18H,3-7,11H2,1-2H3,(H4,25,26,30)(H,27,32,34)(H,28,29,31). The number of nitrogens with one attached hydrogen (secondary N) is 2. The van der Waals surface area contributed by atoms with Gasteiger partial charge in [-0.05, 0) is 38.8 Å². The van der Waals surface area contributed by atoms with E-state index < -0.39 is 5.91 Å². The van der Waals surface area contributed by atoms with Crippen molar-refractivity contribution in [3.05, 3.63) is 40.7 Å². The predicted octanol–water partition coefficient (Wildman–Crippen LogP) is 2.75. The van der Waals surface area contributed by atoms with Gasteiger partial charge in [-0.1, -0.05) is 24.5 Å². The van der Waals surface area contributed by atoms with E-state index in [1.54, 1.807) is 12.3 Å². The van der Waals surface area contributed by atoms with Crippen LogP contribution in [0.2, 0.25) is 0 Å². The first-order valence-electron chi connectivity index (χ1n) is 11.9. The number of aromatic nitrogens is 3. The third-order valence-electron chi connectivity index (χ3n) is 5.82. The number of hydrogen-bond acceptors (Lipinski definition) is 9. The highest BCUT2D eigenvalue weighted by Gasteiger charge is 2.26. The van der Waals surface area contributed by atoms with Crippen molar-refractivity contribution < 1.29 is 14.3 Å². The number of amides is 1. The molecule has 0 saturated heterocycles. The van der Waals surface area contributed by atoms with Gasteiger partial charge in [0.05, 0.1) is 36.3 Å². The lowest BCUT2D eigenvalue weighted by Crippen LogP contribution is -2.38. The van der Waals surface area contributed by atoms with Crippen LogP contribution < -0.4 is 22.1 Å². The summed E-state index contributed by atoms with van der Waals surface area (Å²) in [5, 5.41) is 9.09. The molecule has 1 saturated carbocycles. The topological polar surface area (TPSA) is 170 Å². The summed E-state index contributed by atoms with van der Waals surface area (Å²) >= 11 is 1.22. The third kappa shape index (κ3) is 6.25. The minimum atomic E-state index is -0.498. The summed E-state index contributed by atoms with van der Waals surface area (Å²) in [4.78, 5) is 42.5. The third-order valence-corrected chi connectivity index (χ3v) is 6.63. The van der Waals surface area contributed by atoms with E-state index in [-0.39, 0.29) is 36.3 Å². The fourth-order valence-corrected chi connectivity index (χ4v) is 4.92. The number of carbonyl (C=O) groups excluding carboxylic acids is 2. The number of aliphatic imine (C=N–C) groups is 1. The van der Waals surface area contributed by atoms with Gasteiger partial charge >= 0.3 is 5.97 Å². The normalized spacial score (nSPS) is 17.4. The smallest absolute Gasteiger partial charge is 0.311 e. The first-order valence-corrected chi connectivity index (χ1v) is 12.8. The van der Waals surface area contributed by atoms with E-state index in [4.69, 9.17) is 16.2 Å². The number of carbonyl (C=O) groups is 2. The number of nitrogens with zero attached hydrogens (tertiary/aromatic N) is 4. The van der Waals surface area contributed by atoms with Gasteiger partial charge in [-0.3, -0.25) is 14.9 Å². The van der Waals surface area contributed by atoms with Crippen molar-refractivity contribution in [1.82, 2.24) is 15.0 Å². The average molecular weight is 511 g/mol. The monoisotopic (exact) mass is 510 g/mol. The second-order valence-electron chi connectivity index (χ2n) is 8.65. The molecular formula is C24H30N8O3S. The lowest BCUT2D eigenvalue weighted by molar-refractivity contribution is -0.142. The summed E-state index contributed by atoms with van der Waals surface area (Å²) < 4.78 is 4.95. The lowest BCUT2D eigenvalue weighted by atomic mass is 9.90. The zero-order valence-electron chi connectivity index (χ0n) is 20.3. The molecule has 3 aromatic rings. The second-order valence-corrected chi connectivity index (χ2v) is 9.51. The average Bonchev–Trinajstić information content (AvgIpc) is 3.26. The van der Waals surface area contributed by atoms with Gasteiger partial charge in [-0.15, -0.1) is 11.3 Å². The van der Waals surface area contributed by atoms with E-state index in [1.807, 2.05) is 25.1 Å². The Kier molecular flexibility index (Phi) is 7.93. The number of rotatable bonds is 8. The Bertz CT molecular complexity index is 1290. The number of hydrogen-bond donors (Lipinski definition) is 4. The van der Waals surface area contributed by atoms with E-state index in [9.17, 15) is 9.59 Å². The molecular weight excluding hydrogens is 480 g/mol. The van der Waals surface area contributed by atoms with Gasteiger partial charge in [0.1, 0.15) is 5.82 Å². The van der Waals surface area contributed by atoms with Crippen LogP contribution in [0.3, 0.4) is 0 Å². The quantitative estimate of drug-likeness (QED) is 0.202. The molecule has 1 aliphatic carbocycles. The van der Waals surface area contributed by atoms with E-state index in [1.165, 1.54) is 11.3 Å². The number of esters is 1. The number of fused-ring (bicyclic) bond motifs is 1. The van der Waals surface area contributed by atoms with Crippen LogP contribution in [0.15, 0.2) is 28.6 Å². The van der Waals surface area contributed by atoms with Gasteiger partial charge in [0.2, 0.25) is 5.82 Å². The van der Waals surface area contributed by atoms with Crippen LogP contribution in [-0.4, -0.2) is 51.5 Å². The molecule has 0 bridgehead atoms. The van der Waals surface area contributed by atoms with Crippen LogP contribution in [0.25, 0.3) is 10.9 Å². The maximum absolute atomic E-state index is 13.1. The minimum absolute atomic E-state index is 0.00481. The Labute approximate surface area is 212 Å². The minimum Gasteiger partial charge on any atom is -0.466 e. The van der Waals surface area contributed by atoms with Gasteiger partial charge in [-0.25, -0.2) is 19.9 Å². The molecule has 1 aliphatic rings. The Morgan fingerprint density at radius 2 is 2.00 bits per heavy atom. The fraction of sp³-hybridized carbons (Fsp3) is 0.417. The second kappa shape index (κ2) is 11.3. The number of thiazole rings is 1. The van der Waals surface area contributed by atoms with Gasteiger partial charge in [-0.2, -0.15) is 0 Å². The van der Waals surface area contributed by atoms with Gasteiger partial charge in [0, 0.05) is 10.8 Å². The molecule has 12 heteroatoms. The highest BCUT2D eigenvalue weighted by atomic mass is 32.1. The van der Waals surface area contributed by atoms with Crippen molar-refractivity contribution in [3.8, 4) is 0 Å².